The average Bonchev–Trinajstić information content (AvgIpc) is 2.60. The molecule has 6 heteroatoms. The van der Waals surface area contributed by atoms with Crippen LogP contribution in [0, 0.1) is 0 Å². The number of piperidine rings is 1. The summed E-state index contributed by atoms with van der Waals surface area (Å²) in [4.78, 5) is 39.6. The summed E-state index contributed by atoms with van der Waals surface area (Å²) in [6.45, 7) is 3.37. The number of Topliss-reactive ketones (excluding diaryl/α,β-unsaturated/α-hetero) is 1. The number of ketones is 1. The molecule has 0 saturated carbocycles. The normalized spacial score (nSPS) is 17.3. The first-order valence-electron chi connectivity index (χ1n) is 8.42. The average molecular weight is 330 g/mol. The molecule has 1 saturated heterocycles. The zero-order valence-electron chi connectivity index (χ0n) is 13.9. The molecule has 0 aliphatic carbocycles. The molecule has 0 aromatic heterocycles. The monoisotopic (exact) mass is 330 g/mol. The molecule has 0 unspecified atom stereocenters. The topological polar surface area (TPSA) is 66.9 Å². The summed E-state index contributed by atoms with van der Waals surface area (Å²) in [7, 11) is 0. The van der Waals surface area contributed by atoms with Gasteiger partial charge in [-0.05, 0) is 44.4 Å². The van der Waals surface area contributed by atoms with Crippen LogP contribution in [0.2, 0.25) is 0 Å². The van der Waals surface area contributed by atoms with Gasteiger partial charge >= 0.3 is 0 Å². The van der Waals surface area contributed by atoms with Gasteiger partial charge in [0.2, 0.25) is 5.91 Å². The fourth-order valence-corrected chi connectivity index (χ4v) is 3.18. The van der Waals surface area contributed by atoms with Crippen LogP contribution in [-0.4, -0.2) is 48.7 Å². The fourth-order valence-electron chi connectivity index (χ4n) is 3.18. The quantitative estimate of drug-likeness (QED) is 0.792. The third-order valence-corrected chi connectivity index (χ3v) is 4.57. The van der Waals surface area contributed by atoms with Gasteiger partial charge in [-0.3, -0.25) is 14.4 Å². The number of hydrogen-bond acceptors (Lipinski definition) is 4. The van der Waals surface area contributed by atoms with E-state index in [1.807, 2.05) is 4.90 Å². The van der Waals surface area contributed by atoms with Gasteiger partial charge in [-0.25, -0.2) is 0 Å². The van der Waals surface area contributed by atoms with Crippen LogP contribution < -0.4 is 9.64 Å². The summed E-state index contributed by atoms with van der Waals surface area (Å²) in [6.07, 6.45) is 3.56. The molecule has 3 rings (SSSR count). The predicted octanol–water partition coefficient (Wildman–Crippen LogP) is 2.02. The Labute approximate surface area is 141 Å². The van der Waals surface area contributed by atoms with E-state index >= 15 is 0 Å². The lowest BCUT2D eigenvalue weighted by atomic mass is 10.1. The first kappa shape index (κ1) is 16.5. The van der Waals surface area contributed by atoms with Crippen molar-refractivity contribution in [3.8, 4) is 5.75 Å². The number of fused-ring (bicyclic) bond motifs is 1. The number of benzene rings is 1. The van der Waals surface area contributed by atoms with Crippen molar-refractivity contribution in [1.82, 2.24) is 4.90 Å². The number of carbonyl (C=O) groups excluding carboxylic acids is 3. The molecule has 1 aromatic rings. The van der Waals surface area contributed by atoms with E-state index in [1.165, 1.54) is 13.3 Å². The maximum Gasteiger partial charge on any atom is 0.265 e. The summed E-state index contributed by atoms with van der Waals surface area (Å²) in [5.74, 6) is 0.401. The molecule has 0 spiro atoms. The van der Waals surface area contributed by atoms with E-state index in [2.05, 4.69) is 0 Å². The van der Waals surface area contributed by atoms with Crippen molar-refractivity contribution in [1.29, 1.82) is 0 Å². The van der Waals surface area contributed by atoms with Gasteiger partial charge in [-0.15, -0.1) is 0 Å². The predicted molar refractivity (Wildman–Crippen MR) is 89.3 cm³/mol. The minimum absolute atomic E-state index is 0.0374. The van der Waals surface area contributed by atoms with Gasteiger partial charge in [-0.1, -0.05) is 0 Å². The molecule has 1 aromatic carbocycles. The zero-order valence-corrected chi connectivity index (χ0v) is 13.9. The van der Waals surface area contributed by atoms with E-state index in [9.17, 15) is 14.4 Å². The van der Waals surface area contributed by atoms with Gasteiger partial charge in [0, 0.05) is 31.6 Å². The third kappa shape index (κ3) is 3.42. The molecule has 0 bridgehead atoms. The first-order valence-corrected chi connectivity index (χ1v) is 8.42. The zero-order chi connectivity index (χ0) is 17.1. The van der Waals surface area contributed by atoms with E-state index in [1.54, 1.807) is 23.1 Å². The molecular weight excluding hydrogens is 308 g/mol. The molecular formula is C18H22N2O4. The van der Waals surface area contributed by atoms with E-state index in [0.29, 0.717) is 23.5 Å². The summed E-state index contributed by atoms with van der Waals surface area (Å²) in [5, 5.41) is 0. The van der Waals surface area contributed by atoms with E-state index in [-0.39, 0.29) is 30.6 Å². The smallest absolute Gasteiger partial charge is 0.265 e. The molecule has 128 valence electrons. The lowest BCUT2D eigenvalue weighted by Gasteiger charge is -2.31. The van der Waals surface area contributed by atoms with Gasteiger partial charge in [0.05, 0.1) is 5.69 Å². The van der Waals surface area contributed by atoms with Crippen LogP contribution in [0.5, 0.6) is 5.75 Å². The Morgan fingerprint density at radius 2 is 1.92 bits per heavy atom. The molecule has 2 aliphatic heterocycles. The highest BCUT2D eigenvalue weighted by atomic mass is 16.5. The van der Waals surface area contributed by atoms with Gasteiger partial charge in [0.25, 0.3) is 5.91 Å². The standard InChI is InChI=1S/C18H22N2O4/c1-13(21)14-5-6-16-15(11-14)20(18(23)12-24-16)10-7-17(22)19-8-3-2-4-9-19/h5-6,11H,2-4,7-10,12H2,1H3. The number of ether oxygens (including phenoxy) is 1. The van der Waals surface area contributed by atoms with Crippen molar-refractivity contribution in [3.05, 3.63) is 23.8 Å². The lowest BCUT2D eigenvalue weighted by Crippen LogP contribution is -2.42. The Morgan fingerprint density at radius 3 is 2.62 bits per heavy atom. The maximum atomic E-state index is 12.3. The Hall–Kier alpha value is -2.37. The highest BCUT2D eigenvalue weighted by Gasteiger charge is 2.27. The van der Waals surface area contributed by atoms with E-state index < -0.39 is 0 Å². The Kier molecular flexibility index (Phi) is 4.83. The SMILES string of the molecule is CC(=O)c1ccc2c(c1)N(CCC(=O)N1CCCCC1)C(=O)CO2. The second kappa shape index (κ2) is 7.03. The number of anilines is 1. The van der Waals surface area contributed by atoms with Crippen LogP contribution >= 0.6 is 0 Å². The largest absolute Gasteiger partial charge is 0.482 e. The van der Waals surface area contributed by atoms with Crippen molar-refractivity contribution in [3.63, 3.8) is 0 Å². The Bertz CT molecular complexity index is 665. The molecule has 2 aliphatic rings. The van der Waals surface area contributed by atoms with Crippen molar-refractivity contribution in [2.75, 3.05) is 31.1 Å². The van der Waals surface area contributed by atoms with E-state index in [4.69, 9.17) is 4.74 Å². The minimum Gasteiger partial charge on any atom is -0.482 e. The number of nitrogens with zero attached hydrogens (tertiary/aromatic N) is 2. The Balaban J connectivity index is 1.73. The molecule has 2 amide bonds. The fraction of sp³-hybridized carbons (Fsp3) is 0.500. The first-order chi connectivity index (χ1) is 11.6. The highest BCUT2D eigenvalue weighted by Crippen LogP contribution is 2.33. The second-order valence-corrected chi connectivity index (χ2v) is 6.26. The molecule has 0 radical (unpaired) electrons. The number of likely N-dealkylation sites (tertiary alicyclic amines) is 1. The van der Waals surface area contributed by atoms with Gasteiger partial charge < -0.3 is 14.5 Å². The molecule has 24 heavy (non-hydrogen) atoms. The molecule has 1 fully saturated rings. The highest BCUT2D eigenvalue weighted by molar-refractivity contribution is 6.01. The van der Waals surface area contributed by atoms with Crippen LogP contribution in [0.3, 0.4) is 0 Å². The van der Waals surface area contributed by atoms with Crippen molar-refractivity contribution >= 4 is 23.3 Å². The van der Waals surface area contributed by atoms with Crippen molar-refractivity contribution in [2.45, 2.75) is 32.6 Å². The summed E-state index contributed by atoms with van der Waals surface area (Å²) < 4.78 is 5.43. The second-order valence-electron chi connectivity index (χ2n) is 6.26. The number of hydrogen-bond donors (Lipinski definition) is 0. The third-order valence-electron chi connectivity index (χ3n) is 4.57. The summed E-state index contributed by atoms with van der Waals surface area (Å²) in [6, 6.07) is 5.06. The van der Waals surface area contributed by atoms with Crippen LogP contribution in [0.15, 0.2) is 18.2 Å². The van der Waals surface area contributed by atoms with Crippen LogP contribution in [-0.2, 0) is 9.59 Å². The minimum atomic E-state index is -0.186. The number of rotatable bonds is 4. The van der Waals surface area contributed by atoms with Gasteiger partial charge in [0.1, 0.15) is 5.75 Å². The number of carbonyl (C=O) groups is 3. The maximum absolute atomic E-state index is 12.3. The Morgan fingerprint density at radius 1 is 1.17 bits per heavy atom. The van der Waals surface area contributed by atoms with Gasteiger partial charge in [0.15, 0.2) is 12.4 Å². The van der Waals surface area contributed by atoms with Crippen LogP contribution in [0.25, 0.3) is 0 Å². The molecule has 6 nitrogen and oxygen atoms in total. The molecule has 2 heterocycles. The molecule has 0 atom stereocenters. The van der Waals surface area contributed by atoms with Crippen LogP contribution in [0.4, 0.5) is 5.69 Å². The summed E-state index contributed by atoms with van der Waals surface area (Å²) >= 11 is 0. The van der Waals surface area contributed by atoms with Crippen molar-refractivity contribution in [2.24, 2.45) is 0 Å². The summed E-state index contributed by atoms with van der Waals surface area (Å²) in [5.41, 5.74) is 1.10. The van der Waals surface area contributed by atoms with Crippen molar-refractivity contribution < 1.29 is 19.1 Å². The number of amides is 2. The molecule has 0 N–H and O–H groups in total. The van der Waals surface area contributed by atoms with E-state index in [0.717, 1.165) is 25.9 Å². The van der Waals surface area contributed by atoms with Gasteiger partial charge in [-0.2, -0.15) is 0 Å². The van der Waals surface area contributed by atoms with Crippen LogP contribution in [0.1, 0.15) is 43.0 Å². The lowest BCUT2D eigenvalue weighted by molar-refractivity contribution is -0.131.